The quantitative estimate of drug-likeness (QED) is 0.347. The largest absolute Gasteiger partial charge is 0.444 e. The third kappa shape index (κ3) is 5.71. The molecule has 0 radical (unpaired) electrons. The molecule has 0 saturated heterocycles. The molecule has 0 atom stereocenters. The van der Waals surface area contributed by atoms with Crippen LogP contribution in [0.15, 0.2) is 47.4 Å². The Bertz CT molecular complexity index is 1540. The molecule has 1 aromatic carbocycles. The van der Waals surface area contributed by atoms with Crippen molar-refractivity contribution in [2.75, 3.05) is 11.9 Å². The van der Waals surface area contributed by atoms with Gasteiger partial charge in [0.15, 0.2) is 5.82 Å². The van der Waals surface area contributed by atoms with E-state index in [0.717, 1.165) is 16.6 Å². The van der Waals surface area contributed by atoms with E-state index in [9.17, 15) is 9.59 Å². The molecular formula is C28H32N6O5. The van der Waals surface area contributed by atoms with Crippen molar-refractivity contribution in [1.29, 1.82) is 0 Å². The van der Waals surface area contributed by atoms with Crippen molar-refractivity contribution in [3.63, 3.8) is 0 Å². The zero-order chi connectivity index (χ0) is 27.9. The lowest BCUT2D eigenvalue weighted by atomic mass is 9.93. The summed E-state index contributed by atoms with van der Waals surface area (Å²) in [5.41, 5.74) is 1.51. The number of nitrogens with one attached hydrogen (secondary N) is 1. The van der Waals surface area contributed by atoms with Crippen LogP contribution in [0.2, 0.25) is 0 Å². The Morgan fingerprint density at radius 3 is 2.56 bits per heavy atom. The number of amides is 2. The van der Waals surface area contributed by atoms with E-state index in [1.165, 1.54) is 10.9 Å². The summed E-state index contributed by atoms with van der Waals surface area (Å²) < 4.78 is 18.5. The van der Waals surface area contributed by atoms with Crippen molar-refractivity contribution in [2.45, 2.75) is 65.5 Å². The number of rotatable bonds is 3. The van der Waals surface area contributed by atoms with Gasteiger partial charge >= 0.3 is 12.1 Å². The molecule has 3 aromatic heterocycles. The minimum atomic E-state index is -0.568. The van der Waals surface area contributed by atoms with Crippen LogP contribution in [0.1, 0.15) is 58.6 Å². The van der Waals surface area contributed by atoms with Gasteiger partial charge in [-0.2, -0.15) is 0 Å². The zero-order valence-corrected chi connectivity index (χ0v) is 22.9. The van der Waals surface area contributed by atoms with Crippen molar-refractivity contribution in [2.24, 2.45) is 0 Å². The summed E-state index contributed by atoms with van der Waals surface area (Å²) in [4.78, 5) is 35.8. The molecule has 0 bridgehead atoms. The van der Waals surface area contributed by atoms with Gasteiger partial charge in [0.2, 0.25) is 5.88 Å². The molecule has 4 heterocycles. The number of hydrogen-bond donors (Lipinski definition) is 1. The summed E-state index contributed by atoms with van der Waals surface area (Å²) in [5.74, 6) is 2.05. The van der Waals surface area contributed by atoms with E-state index in [4.69, 9.17) is 14.0 Å². The average Bonchev–Trinajstić information content (AvgIpc) is 3.50. The fourth-order valence-electron chi connectivity index (χ4n) is 4.22. The molecule has 0 aliphatic carbocycles. The Kier molecular flexibility index (Phi) is 6.53. The number of carbonyl (C=O) groups is 2. The van der Waals surface area contributed by atoms with Crippen LogP contribution in [0.5, 0.6) is 11.6 Å². The zero-order valence-electron chi connectivity index (χ0n) is 22.9. The normalized spacial score (nSPS) is 13.7. The van der Waals surface area contributed by atoms with Gasteiger partial charge in [0.25, 0.3) is 0 Å². The average molecular weight is 533 g/mol. The van der Waals surface area contributed by atoms with Crippen LogP contribution < -0.4 is 10.1 Å². The van der Waals surface area contributed by atoms with Gasteiger partial charge in [-0.25, -0.2) is 19.6 Å². The van der Waals surface area contributed by atoms with Crippen molar-refractivity contribution >= 4 is 28.8 Å². The maximum atomic E-state index is 12.9. The second-order valence-electron chi connectivity index (χ2n) is 11.5. The minimum absolute atomic E-state index is 0.215. The number of nitrogens with zero attached hydrogens (tertiary/aromatic N) is 5. The molecule has 0 unspecified atom stereocenters. The van der Waals surface area contributed by atoms with Crippen molar-refractivity contribution in [3.05, 3.63) is 59.9 Å². The highest BCUT2D eigenvalue weighted by atomic mass is 16.6. The smallest absolute Gasteiger partial charge is 0.410 e. The molecule has 2 amide bonds. The summed E-state index contributed by atoms with van der Waals surface area (Å²) in [6, 6.07) is 8.64. The summed E-state index contributed by atoms with van der Waals surface area (Å²) in [6.07, 6.45) is 3.29. The SMILES string of the molecule is CC(C)(C)OC(=O)N1CCc2c(ncnc2Oc2ccc3c(ccn3C(=O)Nc3cc(C(C)(C)C)on3)c2)C1. The lowest BCUT2D eigenvalue weighted by Crippen LogP contribution is -2.40. The minimum Gasteiger partial charge on any atom is -0.444 e. The van der Waals surface area contributed by atoms with Crippen molar-refractivity contribution in [3.8, 4) is 11.6 Å². The predicted octanol–water partition coefficient (Wildman–Crippen LogP) is 5.88. The Balaban J connectivity index is 1.30. The second kappa shape index (κ2) is 9.72. The number of benzene rings is 1. The van der Waals surface area contributed by atoms with Gasteiger partial charge in [0.1, 0.15) is 23.4 Å². The first-order valence-corrected chi connectivity index (χ1v) is 12.8. The third-order valence-corrected chi connectivity index (χ3v) is 6.20. The summed E-state index contributed by atoms with van der Waals surface area (Å²) in [7, 11) is 0. The first-order valence-electron chi connectivity index (χ1n) is 12.8. The van der Waals surface area contributed by atoms with E-state index < -0.39 is 5.60 Å². The number of anilines is 1. The van der Waals surface area contributed by atoms with Gasteiger partial charge in [-0.15, -0.1) is 0 Å². The van der Waals surface area contributed by atoms with Gasteiger partial charge < -0.3 is 18.9 Å². The number of fused-ring (bicyclic) bond motifs is 2. The van der Waals surface area contributed by atoms with E-state index in [0.29, 0.717) is 48.2 Å². The molecular weight excluding hydrogens is 500 g/mol. The Morgan fingerprint density at radius 1 is 1.05 bits per heavy atom. The molecule has 11 heteroatoms. The summed E-state index contributed by atoms with van der Waals surface area (Å²) in [6.45, 7) is 12.3. The van der Waals surface area contributed by atoms with E-state index >= 15 is 0 Å². The van der Waals surface area contributed by atoms with Gasteiger partial charge in [-0.3, -0.25) is 9.88 Å². The van der Waals surface area contributed by atoms with Crippen LogP contribution in [0.4, 0.5) is 15.4 Å². The molecule has 4 aromatic rings. The number of carbonyl (C=O) groups excluding carboxylic acids is 2. The van der Waals surface area contributed by atoms with E-state index in [-0.39, 0.29) is 17.5 Å². The topological polar surface area (TPSA) is 125 Å². The maximum absolute atomic E-state index is 12.9. The van der Waals surface area contributed by atoms with E-state index in [1.54, 1.807) is 23.2 Å². The molecule has 1 aliphatic rings. The monoisotopic (exact) mass is 532 g/mol. The Labute approximate surface area is 226 Å². The van der Waals surface area contributed by atoms with E-state index in [1.807, 2.05) is 59.7 Å². The molecule has 11 nitrogen and oxygen atoms in total. The standard InChI is InChI=1S/C28H32N6O5/c1-27(2,3)22-14-23(32-39-22)31-25(35)34-12-9-17-13-18(7-8-21(17)34)37-24-19-10-11-33(15-20(19)29-16-30-24)26(36)38-28(4,5)6/h7-9,12-14,16H,10-11,15H2,1-6H3,(H,31,32,35). The molecule has 1 aliphatic heterocycles. The predicted molar refractivity (Wildman–Crippen MR) is 144 cm³/mol. The van der Waals surface area contributed by atoms with E-state index in [2.05, 4.69) is 20.4 Å². The van der Waals surface area contributed by atoms with Gasteiger partial charge in [-0.1, -0.05) is 25.9 Å². The fourth-order valence-corrected chi connectivity index (χ4v) is 4.22. The van der Waals surface area contributed by atoms with Crippen molar-refractivity contribution < 1.29 is 23.6 Å². The van der Waals surface area contributed by atoms with Crippen LogP contribution in [-0.4, -0.2) is 48.9 Å². The molecule has 204 valence electrons. The van der Waals surface area contributed by atoms with Gasteiger partial charge in [0.05, 0.1) is 17.8 Å². The van der Waals surface area contributed by atoms with Gasteiger partial charge in [0, 0.05) is 35.2 Å². The molecule has 0 spiro atoms. The molecule has 5 rings (SSSR count). The summed E-state index contributed by atoms with van der Waals surface area (Å²) >= 11 is 0. The first kappa shape index (κ1) is 26.2. The molecule has 39 heavy (non-hydrogen) atoms. The molecule has 0 saturated carbocycles. The maximum Gasteiger partial charge on any atom is 0.410 e. The first-order chi connectivity index (χ1) is 18.4. The highest BCUT2D eigenvalue weighted by Crippen LogP contribution is 2.31. The fraction of sp³-hybridized carbons (Fsp3) is 0.393. The third-order valence-electron chi connectivity index (χ3n) is 6.20. The van der Waals surface area contributed by atoms with Crippen LogP contribution >= 0.6 is 0 Å². The lowest BCUT2D eigenvalue weighted by Gasteiger charge is -2.30. The van der Waals surface area contributed by atoms with Gasteiger partial charge in [-0.05, 0) is 51.5 Å². The number of hydrogen-bond acceptors (Lipinski definition) is 8. The summed E-state index contributed by atoms with van der Waals surface area (Å²) in [5, 5.41) is 7.55. The van der Waals surface area contributed by atoms with Crippen LogP contribution in [0, 0.1) is 0 Å². The Morgan fingerprint density at radius 2 is 1.85 bits per heavy atom. The lowest BCUT2D eigenvalue weighted by molar-refractivity contribution is 0.0219. The molecule has 0 fully saturated rings. The van der Waals surface area contributed by atoms with Crippen molar-refractivity contribution in [1.82, 2.24) is 24.6 Å². The van der Waals surface area contributed by atoms with Crippen LogP contribution in [0.3, 0.4) is 0 Å². The van der Waals surface area contributed by atoms with Crippen LogP contribution in [-0.2, 0) is 23.1 Å². The highest BCUT2D eigenvalue weighted by Gasteiger charge is 2.28. The number of aromatic nitrogens is 4. The van der Waals surface area contributed by atoms with Crippen LogP contribution in [0.25, 0.3) is 10.9 Å². The number of ether oxygens (including phenoxy) is 2. The second-order valence-corrected chi connectivity index (χ2v) is 11.5. The Hall–Kier alpha value is -4.41. The molecule has 1 N–H and O–H groups in total. The highest BCUT2D eigenvalue weighted by molar-refractivity contribution is 5.98.